The SMILES string of the molecule is CC[C@@H](C)NC(=O)CN1CCN(Cc2cccnc2)CC1. The van der Waals surface area contributed by atoms with Gasteiger partial charge in [0.05, 0.1) is 6.54 Å². The molecule has 116 valence electrons. The van der Waals surface area contributed by atoms with E-state index in [0.29, 0.717) is 6.54 Å². The summed E-state index contributed by atoms with van der Waals surface area (Å²) in [6, 6.07) is 4.36. The lowest BCUT2D eigenvalue weighted by atomic mass is 10.2. The Labute approximate surface area is 127 Å². The van der Waals surface area contributed by atoms with E-state index in [0.717, 1.165) is 39.1 Å². The number of pyridine rings is 1. The van der Waals surface area contributed by atoms with E-state index in [1.54, 1.807) is 6.20 Å². The summed E-state index contributed by atoms with van der Waals surface area (Å²) in [6.45, 7) is 9.51. The average molecular weight is 290 g/mol. The molecule has 0 radical (unpaired) electrons. The second kappa shape index (κ2) is 8.10. The molecule has 1 aliphatic rings. The van der Waals surface area contributed by atoms with Gasteiger partial charge in [0, 0.05) is 51.2 Å². The Morgan fingerprint density at radius 3 is 2.67 bits per heavy atom. The number of hydrogen-bond donors (Lipinski definition) is 1. The summed E-state index contributed by atoms with van der Waals surface area (Å²) in [5.41, 5.74) is 1.25. The lowest BCUT2D eigenvalue weighted by molar-refractivity contribution is -0.123. The van der Waals surface area contributed by atoms with Crippen molar-refractivity contribution in [1.82, 2.24) is 20.1 Å². The maximum atomic E-state index is 11.9. The summed E-state index contributed by atoms with van der Waals surface area (Å²) in [6.07, 6.45) is 4.70. The van der Waals surface area contributed by atoms with Crippen LogP contribution in [0.2, 0.25) is 0 Å². The fraction of sp³-hybridized carbons (Fsp3) is 0.625. The van der Waals surface area contributed by atoms with Crippen molar-refractivity contribution in [2.24, 2.45) is 0 Å². The largest absolute Gasteiger partial charge is 0.353 e. The molecule has 0 spiro atoms. The number of nitrogens with one attached hydrogen (secondary N) is 1. The van der Waals surface area contributed by atoms with E-state index in [1.165, 1.54) is 5.56 Å². The highest BCUT2D eigenvalue weighted by atomic mass is 16.2. The van der Waals surface area contributed by atoms with Gasteiger partial charge in [-0.05, 0) is 25.0 Å². The minimum atomic E-state index is 0.144. The van der Waals surface area contributed by atoms with Crippen LogP contribution in [0.5, 0.6) is 0 Å². The molecule has 1 N–H and O–H groups in total. The summed E-state index contributed by atoms with van der Waals surface area (Å²) >= 11 is 0. The predicted molar refractivity (Wildman–Crippen MR) is 83.8 cm³/mol. The van der Waals surface area contributed by atoms with Gasteiger partial charge in [-0.1, -0.05) is 13.0 Å². The van der Waals surface area contributed by atoms with Gasteiger partial charge in [-0.2, -0.15) is 0 Å². The van der Waals surface area contributed by atoms with Gasteiger partial charge in [0.1, 0.15) is 0 Å². The third-order valence-electron chi connectivity index (χ3n) is 3.98. The van der Waals surface area contributed by atoms with Crippen molar-refractivity contribution in [1.29, 1.82) is 0 Å². The first kappa shape index (κ1) is 15.9. The van der Waals surface area contributed by atoms with Crippen LogP contribution in [0.4, 0.5) is 0 Å². The van der Waals surface area contributed by atoms with Crippen LogP contribution in [0, 0.1) is 0 Å². The van der Waals surface area contributed by atoms with Crippen molar-refractivity contribution in [3.63, 3.8) is 0 Å². The second-order valence-corrected chi connectivity index (χ2v) is 5.79. The quantitative estimate of drug-likeness (QED) is 0.853. The van der Waals surface area contributed by atoms with Crippen LogP contribution in [0.3, 0.4) is 0 Å². The van der Waals surface area contributed by atoms with Gasteiger partial charge in [-0.25, -0.2) is 0 Å². The molecule has 1 aromatic heterocycles. The van der Waals surface area contributed by atoms with E-state index in [4.69, 9.17) is 0 Å². The van der Waals surface area contributed by atoms with Gasteiger partial charge < -0.3 is 5.32 Å². The smallest absolute Gasteiger partial charge is 0.234 e. The summed E-state index contributed by atoms with van der Waals surface area (Å²) in [7, 11) is 0. The maximum Gasteiger partial charge on any atom is 0.234 e. The minimum Gasteiger partial charge on any atom is -0.353 e. The minimum absolute atomic E-state index is 0.144. The molecule has 5 nitrogen and oxygen atoms in total. The van der Waals surface area contributed by atoms with Crippen LogP contribution >= 0.6 is 0 Å². The number of amides is 1. The first-order valence-corrected chi connectivity index (χ1v) is 7.80. The molecule has 0 unspecified atom stereocenters. The standard InChI is InChI=1S/C16H26N4O/c1-3-14(2)18-16(21)13-20-9-7-19(8-10-20)12-15-5-4-6-17-11-15/h4-6,11,14H,3,7-10,12-13H2,1-2H3,(H,18,21)/t14-/m1/s1. The van der Waals surface area contributed by atoms with Crippen LogP contribution in [0.15, 0.2) is 24.5 Å². The third-order valence-corrected chi connectivity index (χ3v) is 3.98. The summed E-state index contributed by atoms with van der Waals surface area (Å²) < 4.78 is 0. The first-order valence-electron chi connectivity index (χ1n) is 7.80. The molecule has 21 heavy (non-hydrogen) atoms. The molecular weight excluding hydrogens is 264 g/mol. The first-order chi connectivity index (χ1) is 10.2. The Hall–Kier alpha value is -1.46. The molecule has 1 atom stereocenters. The molecule has 0 saturated carbocycles. The topological polar surface area (TPSA) is 48.5 Å². The van der Waals surface area contributed by atoms with Gasteiger partial charge in [0.2, 0.25) is 5.91 Å². The van der Waals surface area contributed by atoms with Gasteiger partial charge in [-0.15, -0.1) is 0 Å². The van der Waals surface area contributed by atoms with Crippen LogP contribution in [-0.4, -0.2) is 59.5 Å². The number of nitrogens with zero attached hydrogens (tertiary/aromatic N) is 3. The van der Waals surface area contributed by atoms with Crippen molar-refractivity contribution >= 4 is 5.91 Å². The Kier molecular flexibility index (Phi) is 6.14. The van der Waals surface area contributed by atoms with Crippen molar-refractivity contribution in [2.45, 2.75) is 32.9 Å². The third kappa shape index (κ3) is 5.44. The van der Waals surface area contributed by atoms with E-state index in [-0.39, 0.29) is 11.9 Å². The Bertz CT molecular complexity index is 429. The molecule has 0 aromatic carbocycles. The lowest BCUT2D eigenvalue weighted by Gasteiger charge is -2.34. The van der Waals surface area contributed by atoms with Gasteiger partial charge in [-0.3, -0.25) is 19.6 Å². The van der Waals surface area contributed by atoms with E-state index in [1.807, 2.05) is 19.2 Å². The molecule has 1 aromatic rings. The highest BCUT2D eigenvalue weighted by Gasteiger charge is 2.19. The number of hydrogen-bond acceptors (Lipinski definition) is 4. The molecule has 2 heterocycles. The van der Waals surface area contributed by atoms with Crippen LogP contribution in [-0.2, 0) is 11.3 Å². The Morgan fingerprint density at radius 1 is 1.33 bits per heavy atom. The zero-order valence-corrected chi connectivity index (χ0v) is 13.1. The van der Waals surface area contributed by atoms with Crippen LogP contribution < -0.4 is 5.32 Å². The molecule has 1 aliphatic heterocycles. The van der Waals surface area contributed by atoms with Crippen molar-refractivity contribution in [3.8, 4) is 0 Å². The zero-order valence-electron chi connectivity index (χ0n) is 13.1. The molecule has 5 heteroatoms. The summed E-state index contributed by atoms with van der Waals surface area (Å²) in [4.78, 5) is 20.7. The van der Waals surface area contributed by atoms with E-state index >= 15 is 0 Å². The van der Waals surface area contributed by atoms with E-state index < -0.39 is 0 Å². The Balaban J connectivity index is 1.69. The van der Waals surface area contributed by atoms with E-state index in [2.05, 4.69) is 33.1 Å². The molecule has 2 rings (SSSR count). The van der Waals surface area contributed by atoms with E-state index in [9.17, 15) is 4.79 Å². The van der Waals surface area contributed by atoms with Crippen LogP contribution in [0.25, 0.3) is 0 Å². The molecular formula is C16H26N4O. The average Bonchev–Trinajstić information content (AvgIpc) is 2.50. The maximum absolute atomic E-state index is 11.9. The summed E-state index contributed by atoms with van der Waals surface area (Å²) in [5.74, 6) is 0.144. The van der Waals surface area contributed by atoms with Crippen LogP contribution in [0.1, 0.15) is 25.8 Å². The number of carbonyl (C=O) groups is 1. The van der Waals surface area contributed by atoms with Gasteiger partial charge in [0.25, 0.3) is 0 Å². The molecule has 1 amide bonds. The number of piperazine rings is 1. The molecule has 0 aliphatic carbocycles. The monoisotopic (exact) mass is 290 g/mol. The van der Waals surface area contributed by atoms with Crippen molar-refractivity contribution < 1.29 is 4.79 Å². The predicted octanol–water partition coefficient (Wildman–Crippen LogP) is 1.11. The highest BCUT2D eigenvalue weighted by molar-refractivity contribution is 5.78. The van der Waals surface area contributed by atoms with Gasteiger partial charge >= 0.3 is 0 Å². The molecule has 1 fully saturated rings. The summed E-state index contributed by atoms with van der Waals surface area (Å²) in [5, 5.41) is 3.03. The fourth-order valence-corrected chi connectivity index (χ4v) is 2.48. The van der Waals surface area contributed by atoms with Gasteiger partial charge in [0.15, 0.2) is 0 Å². The van der Waals surface area contributed by atoms with Crippen molar-refractivity contribution in [2.75, 3.05) is 32.7 Å². The molecule has 1 saturated heterocycles. The number of aromatic nitrogens is 1. The normalized spacial score (nSPS) is 18.4. The number of rotatable bonds is 6. The number of carbonyl (C=O) groups excluding carboxylic acids is 1. The highest BCUT2D eigenvalue weighted by Crippen LogP contribution is 2.07. The van der Waals surface area contributed by atoms with Crippen molar-refractivity contribution in [3.05, 3.63) is 30.1 Å². The fourth-order valence-electron chi connectivity index (χ4n) is 2.48. The second-order valence-electron chi connectivity index (χ2n) is 5.79. The lowest BCUT2D eigenvalue weighted by Crippen LogP contribution is -2.49. The molecule has 0 bridgehead atoms. The Morgan fingerprint density at radius 2 is 2.05 bits per heavy atom. The zero-order chi connectivity index (χ0) is 15.1.